The van der Waals surface area contributed by atoms with Crippen LogP contribution in [0.3, 0.4) is 0 Å². The fourth-order valence-corrected chi connectivity index (χ4v) is 5.78. The number of nitrogens with one attached hydrogen (secondary N) is 1. The van der Waals surface area contributed by atoms with Crippen LogP contribution >= 0.6 is 11.8 Å². The maximum atomic E-state index is 12.1. The molecule has 2 aliphatic heterocycles. The van der Waals surface area contributed by atoms with Gasteiger partial charge in [-0.3, -0.25) is 4.90 Å². The van der Waals surface area contributed by atoms with Gasteiger partial charge in [0.25, 0.3) is 0 Å². The molecule has 0 aromatic rings. The summed E-state index contributed by atoms with van der Waals surface area (Å²) >= 11 is 1.75. The van der Waals surface area contributed by atoms with E-state index < -0.39 is 9.84 Å². The van der Waals surface area contributed by atoms with Gasteiger partial charge < -0.3 is 10.1 Å². The zero-order chi connectivity index (χ0) is 14.4. The van der Waals surface area contributed by atoms with Crippen molar-refractivity contribution in [3.05, 3.63) is 0 Å². The third kappa shape index (κ3) is 4.59. The lowest BCUT2D eigenvalue weighted by Gasteiger charge is -2.34. The van der Waals surface area contributed by atoms with Gasteiger partial charge in [-0.1, -0.05) is 6.92 Å². The topological polar surface area (TPSA) is 58.6 Å². The number of ether oxygens (including phenoxy) is 1. The van der Waals surface area contributed by atoms with E-state index in [1.807, 2.05) is 0 Å². The third-order valence-corrected chi connectivity index (χ3v) is 7.37. The molecule has 118 valence electrons. The third-order valence-electron chi connectivity index (χ3n) is 4.04. The quantitative estimate of drug-likeness (QED) is 0.686. The van der Waals surface area contributed by atoms with Gasteiger partial charge in [-0.2, -0.15) is 11.8 Å². The highest BCUT2D eigenvalue weighted by atomic mass is 32.2. The Bertz CT molecular complexity index is 383. The molecule has 0 saturated carbocycles. The summed E-state index contributed by atoms with van der Waals surface area (Å²) in [5.74, 6) is 2.61. The van der Waals surface area contributed by atoms with Crippen molar-refractivity contribution in [2.24, 2.45) is 5.92 Å². The Kier molecular flexibility index (Phi) is 6.61. The Labute approximate surface area is 126 Å². The fourth-order valence-electron chi connectivity index (χ4n) is 2.67. The van der Waals surface area contributed by atoms with Crippen LogP contribution in [0.4, 0.5) is 0 Å². The standard InChI is InChI=1S/C13H26N2O3S2/c1-2-20(16,17)13-11-19-8-6-15(13)5-4-14-9-12-3-7-18-10-12/h12-14H,2-11H2,1H3. The van der Waals surface area contributed by atoms with Crippen LogP contribution in [0.1, 0.15) is 13.3 Å². The van der Waals surface area contributed by atoms with E-state index in [0.29, 0.717) is 11.7 Å². The van der Waals surface area contributed by atoms with Crippen LogP contribution < -0.4 is 5.32 Å². The zero-order valence-electron chi connectivity index (χ0n) is 12.2. The van der Waals surface area contributed by atoms with Gasteiger partial charge in [0.05, 0.1) is 6.61 Å². The highest BCUT2D eigenvalue weighted by molar-refractivity contribution is 8.01. The second-order valence-corrected chi connectivity index (χ2v) is 9.05. The van der Waals surface area contributed by atoms with Gasteiger partial charge in [-0.15, -0.1) is 0 Å². The SMILES string of the molecule is CCS(=O)(=O)C1CSCCN1CCNCC1CCOC1. The average Bonchev–Trinajstić information content (AvgIpc) is 2.97. The van der Waals surface area contributed by atoms with Crippen molar-refractivity contribution in [1.29, 1.82) is 0 Å². The monoisotopic (exact) mass is 322 g/mol. The van der Waals surface area contributed by atoms with Crippen LogP contribution in [0, 0.1) is 5.92 Å². The molecule has 1 N–H and O–H groups in total. The summed E-state index contributed by atoms with van der Waals surface area (Å²) in [6.45, 7) is 7.02. The largest absolute Gasteiger partial charge is 0.381 e. The molecule has 0 aromatic heterocycles. The Morgan fingerprint density at radius 2 is 2.30 bits per heavy atom. The molecule has 0 aliphatic carbocycles. The van der Waals surface area contributed by atoms with Gasteiger partial charge in [0.15, 0.2) is 9.84 Å². The normalized spacial score (nSPS) is 28.9. The molecule has 0 bridgehead atoms. The molecule has 2 heterocycles. The van der Waals surface area contributed by atoms with Crippen LogP contribution in [0.5, 0.6) is 0 Å². The summed E-state index contributed by atoms with van der Waals surface area (Å²) in [5.41, 5.74) is 0. The number of hydrogen-bond donors (Lipinski definition) is 1. The van der Waals surface area contributed by atoms with E-state index in [1.165, 1.54) is 0 Å². The highest BCUT2D eigenvalue weighted by Gasteiger charge is 2.32. The maximum Gasteiger partial charge on any atom is 0.166 e. The first kappa shape index (κ1) is 16.5. The lowest BCUT2D eigenvalue weighted by Crippen LogP contribution is -2.50. The summed E-state index contributed by atoms with van der Waals surface area (Å²) in [7, 11) is -2.97. The minimum Gasteiger partial charge on any atom is -0.381 e. The smallest absolute Gasteiger partial charge is 0.166 e. The first-order valence-electron chi connectivity index (χ1n) is 7.45. The van der Waals surface area contributed by atoms with Gasteiger partial charge in [0.1, 0.15) is 5.37 Å². The maximum absolute atomic E-state index is 12.1. The first-order valence-corrected chi connectivity index (χ1v) is 10.3. The number of thioether (sulfide) groups is 1. The molecule has 2 fully saturated rings. The van der Waals surface area contributed by atoms with Gasteiger partial charge in [0.2, 0.25) is 0 Å². The summed E-state index contributed by atoms with van der Waals surface area (Å²) in [6.07, 6.45) is 1.14. The predicted octanol–water partition coefficient (Wildman–Crippen LogP) is 0.422. The van der Waals surface area contributed by atoms with Gasteiger partial charge in [-0.25, -0.2) is 8.42 Å². The Morgan fingerprint density at radius 3 is 3.00 bits per heavy atom. The van der Waals surface area contributed by atoms with Crippen molar-refractivity contribution in [1.82, 2.24) is 10.2 Å². The molecule has 7 heteroatoms. The van der Waals surface area contributed by atoms with Crippen molar-refractivity contribution in [2.75, 3.05) is 56.7 Å². The van der Waals surface area contributed by atoms with Gasteiger partial charge >= 0.3 is 0 Å². The molecule has 2 saturated heterocycles. The summed E-state index contributed by atoms with van der Waals surface area (Å²) in [6, 6.07) is 0. The predicted molar refractivity (Wildman–Crippen MR) is 83.9 cm³/mol. The molecule has 2 rings (SSSR count). The van der Waals surface area contributed by atoms with E-state index in [2.05, 4.69) is 10.2 Å². The van der Waals surface area contributed by atoms with E-state index in [9.17, 15) is 8.42 Å². The van der Waals surface area contributed by atoms with Crippen LogP contribution in [-0.4, -0.2) is 75.3 Å². The van der Waals surface area contributed by atoms with Crippen molar-refractivity contribution in [3.8, 4) is 0 Å². The molecule has 2 atom stereocenters. The number of sulfone groups is 1. The number of hydrogen-bond acceptors (Lipinski definition) is 6. The van der Waals surface area contributed by atoms with E-state index in [4.69, 9.17) is 4.74 Å². The minimum absolute atomic E-state index is 0.238. The summed E-state index contributed by atoms with van der Waals surface area (Å²) in [5, 5.41) is 3.15. The van der Waals surface area contributed by atoms with Crippen LogP contribution in [0.15, 0.2) is 0 Å². The lowest BCUT2D eigenvalue weighted by molar-refractivity contribution is 0.184. The van der Waals surface area contributed by atoms with Crippen molar-refractivity contribution >= 4 is 21.6 Å². The van der Waals surface area contributed by atoms with Gasteiger partial charge in [0, 0.05) is 50.0 Å². The molecule has 2 unspecified atom stereocenters. The lowest BCUT2D eigenvalue weighted by atomic mass is 10.1. The van der Waals surface area contributed by atoms with E-state index in [0.717, 1.165) is 51.6 Å². The first-order chi connectivity index (χ1) is 9.63. The summed E-state index contributed by atoms with van der Waals surface area (Å²) < 4.78 is 29.6. The molecule has 20 heavy (non-hydrogen) atoms. The van der Waals surface area contributed by atoms with Crippen molar-refractivity contribution in [3.63, 3.8) is 0 Å². The fraction of sp³-hybridized carbons (Fsp3) is 1.00. The highest BCUT2D eigenvalue weighted by Crippen LogP contribution is 2.20. The molecular weight excluding hydrogens is 296 g/mol. The van der Waals surface area contributed by atoms with E-state index >= 15 is 0 Å². The molecule has 2 aliphatic rings. The second-order valence-electron chi connectivity index (χ2n) is 5.45. The van der Waals surface area contributed by atoms with Crippen molar-refractivity contribution < 1.29 is 13.2 Å². The second kappa shape index (κ2) is 7.98. The molecule has 5 nitrogen and oxygen atoms in total. The molecular formula is C13H26N2O3S2. The molecule has 0 spiro atoms. The summed E-state index contributed by atoms with van der Waals surface area (Å²) in [4.78, 5) is 2.13. The van der Waals surface area contributed by atoms with Crippen LogP contribution in [0.2, 0.25) is 0 Å². The Hall–Kier alpha value is 0.180. The van der Waals surface area contributed by atoms with E-state index in [1.54, 1.807) is 18.7 Å². The van der Waals surface area contributed by atoms with Crippen molar-refractivity contribution in [2.45, 2.75) is 18.7 Å². The average molecular weight is 322 g/mol. The Morgan fingerprint density at radius 1 is 1.45 bits per heavy atom. The number of nitrogens with zero attached hydrogens (tertiary/aromatic N) is 1. The Balaban J connectivity index is 1.74. The minimum atomic E-state index is -2.97. The van der Waals surface area contributed by atoms with Crippen LogP contribution in [0.25, 0.3) is 0 Å². The zero-order valence-corrected chi connectivity index (χ0v) is 13.8. The van der Waals surface area contributed by atoms with E-state index in [-0.39, 0.29) is 11.1 Å². The molecule has 0 radical (unpaired) electrons. The molecule has 0 amide bonds. The number of rotatable bonds is 7. The molecule has 0 aromatic carbocycles. The van der Waals surface area contributed by atoms with Crippen LogP contribution in [-0.2, 0) is 14.6 Å². The van der Waals surface area contributed by atoms with Gasteiger partial charge in [-0.05, 0) is 12.3 Å².